The van der Waals surface area contributed by atoms with Crippen molar-refractivity contribution in [1.82, 2.24) is 14.6 Å². The number of rotatable bonds is 5. The number of fused-ring (bicyclic) bond motifs is 1. The molecule has 2 heterocycles. The minimum Gasteiger partial charge on any atom is -0.379 e. The van der Waals surface area contributed by atoms with Crippen LogP contribution in [0.5, 0.6) is 0 Å². The first kappa shape index (κ1) is 17.8. The number of aromatic nitrogens is 1. The quantitative estimate of drug-likeness (QED) is 0.852. The number of benzene rings is 1. The third-order valence-corrected chi connectivity index (χ3v) is 6.32. The number of carbonyl (C=O) groups is 1. The van der Waals surface area contributed by atoms with Crippen molar-refractivity contribution in [3.63, 3.8) is 0 Å². The van der Waals surface area contributed by atoms with Crippen LogP contribution in [0.15, 0.2) is 36.5 Å². The summed E-state index contributed by atoms with van der Waals surface area (Å²) < 4.78 is 30.8. The third kappa shape index (κ3) is 3.97. The average Bonchev–Trinajstić information content (AvgIpc) is 3.00. The second-order valence-corrected chi connectivity index (χ2v) is 8.58. The molecule has 1 aromatic heterocycles. The maximum atomic E-state index is 12.5. The molecule has 1 aliphatic rings. The molecule has 0 aliphatic carbocycles. The number of ether oxygens (including phenoxy) is 1. The lowest BCUT2D eigenvalue weighted by Crippen LogP contribution is -2.43. The van der Waals surface area contributed by atoms with Crippen LogP contribution in [0.3, 0.4) is 0 Å². The van der Waals surface area contributed by atoms with E-state index >= 15 is 0 Å². The van der Waals surface area contributed by atoms with E-state index in [1.165, 1.54) is 18.4 Å². The SMILES string of the molecule is CN(C)S(=O)(=O)CC1COCC1NC(=O)c1ccc2ncccc2c1. The highest BCUT2D eigenvalue weighted by molar-refractivity contribution is 7.89. The van der Waals surface area contributed by atoms with Crippen molar-refractivity contribution in [3.8, 4) is 0 Å². The van der Waals surface area contributed by atoms with Gasteiger partial charge in [-0.15, -0.1) is 0 Å². The van der Waals surface area contributed by atoms with Crippen molar-refractivity contribution in [1.29, 1.82) is 0 Å². The zero-order chi connectivity index (χ0) is 18.0. The number of hydrogen-bond acceptors (Lipinski definition) is 5. The Bertz CT molecular complexity index is 882. The normalized spacial score (nSPS) is 20.9. The Morgan fingerprint density at radius 1 is 1.32 bits per heavy atom. The van der Waals surface area contributed by atoms with E-state index in [0.29, 0.717) is 18.8 Å². The van der Waals surface area contributed by atoms with Crippen molar-refractivity contribution in [2.45, 2.75) is 6.04 Å². The Labute approximate surface area is 147 Å². The molecule has 25 heavy (non-hydrogen) atoms. The molecule has 1 fully saturated rings. The number of pyridine rings is 1. The largest absolute Gasteiger partial charge is 0.379 e. The number of sulfonamides is 1. The van der Waals surface area contributed by atoms with Gasteiger partial charge < -0.3 is 10.1 Å². The van der Waals surface area contributed by atoms with Gasteiger partial charge in [0.2, 0.25) is 10.0 Å². The molecule has 0 bridgehead atoms. The molecule has 7 nitrogen and oxygen atoms in total. The summed E-state index contributed by atoms with van der Waals surface area (Å²) in [5, 5.41) is 3.78. The molecule has 1 N–H and O–H groups in total. The average molecular weight is 363 g/mol. The van der Waals surface area contributed by atoms with Gasteiger partial charge in [-0.2, -0.15) is 0 Å². The monoisotopic (exact) mass is 363 g/mol. The summed E-state index contributed by atoms with van der Waals surface area (Å²) in [6, 6.07) is 8.67. The number of amides is 1. The van der Waals surface area contributed by atoms with Gasteiger partial charge in [-0.3, -0.25) is 9.78 Å². The zero-order valence-corrected chi connectivity index (χ0v) is 15.0. The molecule has 0 radical (unpaired) electrons. The van der Waals surface area contributed by atoms with Crippen molar-refractivity contribution in [2.75, 3.05) is 33.1 Å². The second-order valence-electron chi connectivity index (χ2n) is 6.35. The van der Waals surface area contributed by atoms with Crippen LogP contribution >= 0.6 is 0 Å². The van der Waals surface area contributed by atoms with Gasteiger partial charge in [0.25, 0.3) is 5.91 Å². The summed E-state index contributed by atoms with van der Waals surface area (Å²) in [4.78, 5) is 16.8. The standard InChI is InChI=1S/C17H21N3O4S/c1-20(2)25(22,23)11-14-9-24-10-16(14)19-17(21)13-5-6-15-12(8-13)4-3-7-18-15/h3-8,14,16H,9-11H2,1-2H3,(H,19,21). The summed E-state index contributed by atoms with van der Waals surface area (Å²) in [5.74, 6) is -0.556. The van der Waals surface area contributed by atoms with E-state index in [9.17, 15) is 13.2 Å². The van der Waals surface area contributed by atoms with Gasteiger partial charge in [0.1, 0.15) is 0 Å². The number of nitrogens with one attached hydrogen (secondary N) is 1. The number of nitrogens with zero attached hydrogens (tertiary/aromatic N) is 2. The van der Waals surface area contributed by atoms with Gasteiger partial charge in [0.05, 0.1) is 30.5 Å². The molecule has 0 saturated carbocycles. The predicted molar refractivity (Wildman–Crippen MR) is 94.8 cm³/mol. The highest BCUT2D eigenvalue weighted by Gasteiger charge is 2.34. The Hall–Kier alpha value is -2.03. The predicted octanol–water partition coefficient (Wildman–Crippen LogP) is 0.871. The van der Waals surface area contributed by atoms with E-state index in [1.807, 2.05) is 12.1 Å². The van der Waals surface area contributed by atoms with Crippen LogP contribution in [-0.2, 0) is 14.8 Å². The Morgan fingerprint density at radius 3 is 2.88 bits per heavy atom. The summed E-state index contributed by atoms with van der Waals surface area (Å²) in [5.41, 5.74) is 1.33. The molecular weight excluding hydrogens is 342 g/mol. The van der Waals surface area contributed by atoms with Crippen LogP contribution in [0.4, 0.5) is 0 Å². The molecular formula is C17H21N3O4S. The van der Waals surface area contributed by atoms with Gasteiger partial charge in [0, 0.05) is 37.2 Å². The molecule has 8 heteroatoms. The molecule has 2 atom stereocenters. The van der Waals surface area contributed by atoms with Gasteiger partial charge >= 0.3 is 0 Å². The Kier molecular flexibility index (Phi) is 5.03. The highest BCUT2D eigenvalue weighted by Crippen LogP contribution is 2.19. The van der Waals surface area contributed by atoms with E-state index in [4.69, 9.17) is 4.74 Å². The van der Waals surface area contributed by atoms with Crippen LogP contribution in [-0.4, -0.2) is 62.7 Å². The number of carbonyl (C=O) groups excluding carboxylic acids is 1. The fraction of sp³-hybridized carbons (Fsp3) is 0.412. The Morgan fingerprint density at radius 2 is 2.12 bits per heavy atom. The summed E-state index contributed by atoms with van der Waals surface area (Å²) in [6.45, 7) is 0.633. The van der Waals surface area contributed by atoms with E-state index in [-0.39, 0.29) is 23.6 Å². The molecule has 1 amide bonds. The molecule has 1 aromatic carbocycles. The van der Waals surface area contributed by atoms with Gasteiger partial charge in [-0.1, -0.05) is 6.07 Å². The molecule has 1 saturated heterocycles. The van der Waals surface area contributed by atoms with Crippen LogP contribution in [0.1, 0.15) is 10.4 Å². The molecule has 2 unspecified atom stereocenters. The van der Waals surface area contributed by atoms with Crippen LogP contribution in [0.25, 0.3) is 10.9 Å². The lowest BCUT2D eigenvalue weighted by molar-refractivity contribution is 0.0926. The van der Waals surface area contributed by atoms with Crippen molar-refractivity contribution < 1.29 is 17.9 Å². The summed E-state index contributed by atoms with van der Waals surface area (Å²) >= 11 is 0. The first-order chi connectivity index (χ1) is 11.9. The second kappa shape index (κ2) is 7.07. The van der Waals surface area contributed by atoms with E-state index in [1.54, 1.807) is 24.4 Å². The smallest absolute Gasteiger partial charge is 0.251 e. The zero-order valence-electron chi connectivity index (χ0n) is 14.2. The maximum Gasteiger partial charge on any atom is 0.251 e. The van der Waals surface area contributed by atoms with Crippen molar-refractivity contribution in [2.24, 2.45) is 5.92 Å². The van der Waals surface area contributed by atoms with E-state index < -0.39 is 10.0 Å². The van der Waals surface area contributed by atoms with Crippen molar-refractivity contribution >= 4 is 26.8 Å². The van der Waals surface area contributed by atoms with Gasteiger partial charge in [-0.05, 0) is 24.3 Å². The first-order valence-electron chi connectivity index (χ1n) is 8.00. The molecule has 1 aliphatic heterocycles. The first-order valence-corrected chi connectivity index (χ1v) is 9.61. The molecule has 134 valence electrons. The van der Waals surface area contributed by atoms with Crippen molar-refractivity contribution in [3.05, 3.63) is 42.1 Å². The minimum atomic E-state index is -3.35. The van der Waals surface area contributed by atoms with Gasteiger partial charge in [-0.25, -0.2) is 12.7 Å². The van der Waals surface area contributed by atoms with E-state index in [2.05, 4.69) is 10.3 Å². The lowest BCUT2D eigenvalue weighted by atomic mass is 10.0. The Balaban J connectivity index is 1.72. The summed E-state index contributed by atoms with van der Waals surface area (Å²) in [6.07, 6.45) is 1.70. The van der Waals surface area contributed by atoms with E-state index in [0.717, 1.165) is 10.9 Å². The van der Waals surface area contributed by atoms with Crippen LogP contribution in [0, 0.1) is 5.92 Å². The van der Waals surface area contributed by atoms with Crippen LogP contribution < -0.4 is 5.32 Å². The van der Waals surface area contributed by atoms with Crippen LogP contribution in [0.2, 0.25) is 0 Å². The molecule has 2 aromatic rings. The molecule has 0 spiro atoms. The topological polar surface area (TPSA) is 88.6 Å². The lowest BCUT2D eigenvalue weighted by Gasteiger charge is -2.21. The minimum absolute atomic E-state index is 0.0490. The highest BCUT2D eigenvalue weighted by atomic mass is 32.2. The maximum absolute atomic E-state index is 12.5. The van der Waals surface area contributed by atoms with Gasteiger partial charge in [0.15, 0.2) is 0 Å². The fourth-order valence-corrected chi connectivity index (χ4v) is 3.98. The third-order valence-electron chi connectivity index (χ3n) is 4.36. The number of hydrogen-bond donors (Lipinski definition) is 1. The fourth-order valence-electron chi connectivity index (χ4n) is 2.81. The summed E-state index contributed by atoms with van der Waals surface area (Å²) in [7, 11) is -0.346. The molecule has 3 rings (SSSR count).